The molecule has 0 amide bonds. The maximum atomic E-state index is 5.82. The second-order valence-electron chi connectivity index (χ2n) is 4.33. The number of aromatic nitrogens is 2. The molecule has 1 aliphatic heterocycles. The molecule has 1 aromatic carbocycles. The molecule has 3 N–H and O–H groups in total. The highest BCUT2D eigenvalue weighted by Gasteiger charge is 2.24. The van der Waals surface area contributed by atoms with E-state index in [1.54, 1.807) is 0 Å². The van der Waals surface area contributed by atoms with E-state index in [4.69, 9.17) is 5.73 Å². The Kier molecular flexibility index (Phi) is 2.29. The van der Waals surface area contributed by atoms with E-state index in [1.807, 2.05) is 6.20 Å². The van der Waals surface area contributed by atoms with Gasteiger partial charge in [0.1, 0.15) is 0 Å². The van der Waals surface area contributed by atoms with Crippen molar-refractivity contribution in [2.24, 2.45) is 5.73 Å². The lowest BCUT2D eigenvalue weighted by Crippen LogP contribution is -2.35. The van der Waals surface area contributed by atoms with Gasteiger partial charge in [0, 0.05) is 30.2 Å². The van der Waals surface area contributed by atoms with Crippen LogP contribution in [-0.4, -0.2) is 29.3 Å². The fourth-order valence-corrected chi connectivity index (χ4v) is 2.60. The number of benzene rings is 1. The molecular formula is C12H16N4. The molecule has 4 nitrogen and oxygen atoms in total. The van der Waals surface area contributed by atoms with Gasteiger partial charge in [-0.2, -0.15) is 5.10 Å². The third kappa shape index (κ3) is 1.38. The van der Waals surface area contributed by atoms with Crippen LogP contribution in [-0.2, 0) is 0 Å². The van der Waals surface area contributed by atoms with Gasteiger partial charge >= 0.3 is 0 Å². The molecule has 0 bridgehead atoms. The van der Waals surface area contributed by atoms with E-state index in [2.05, 4.69) is 33.3 Å². The fraction of sp³-hybridized carbons (Fsp3) is 0.417. The van der Waals surface area contributed by atoms with Crippen molar-refractivity contribution in [3.8, 4) is 0 Å². The van der Waals surface area contributed by atoms with Crippen molar-refractivity contribution in [3.05, 3.63) is 24.4 Å². The number of nitrogens with two attached hydrogens (primary N) is 1. The summed E-state index contributed by atoms with van der Waals surface area (Å²) in [5.74, 6) is 0. The van der Waals surface area contributed by atoms with Crippen LogP contribution in [0.1, 0.15) is 12.8 Å². The molecule has 1 unspecified atom stereocenters. The summed E-state index contributed by atoms with van der Waals surface area (Å²) in [6.07, 6.45) is 4.33. The first kappa shape index (κ1) is 9.66. The van der Waals surface area contributed by atoms with Crippen molar-refractivity contribution >= 4 is 16.6 Å². The Morgan fingerprint density at radius 3 is 3.31 bits per heavy atom. The fourth-order valence-electron chi connectivity index (χ4n) is 2.60. The molecule has 0 spiro atoms. The smallest absolute Gasteiger partial charge is 0.0671 e. The van der Waals surface area contributed by atoms with Gasteiger partial charge in [-0.3, -0.25) is 5.10 Å². The van der Waals surface area contributed by atoms with Crippen molar-refractivity contribution in [2.45, 2.75) is 18.9 Å². The molecule has 4 heteroatoms. The summed E-state index contributed by atoms with van der Waals surface area (Å²) in [6.45, 7) is 1.83. The third-order valence-electron chi connectivity index (χ3n) is 3.42. The van der Waals surface area contributed by atoms with Crippen molar-refractivity contribution in [2.75, 3.05) is 18.0 Å². The minimum atomic E-state index is 0.487. The summed E-state index contributed by atoms with van der Waals surface area (Å²) in [4.78, 5) is 2.41. The van der Waals surface area contributed by atoms with Crippen molar-refractivity contribution < 1.29 is 0 Å². The summed E-state index contributed by atoms with van der Waals surface area (Å²) < 4.78 is 0. The van der Waals surface area contributed by atoms with E-state index in [9.17, 15) is 0 Å². The lowest BCUT2D eigenvalue weighted by Gasteiger charge is -2.26. The van der Waals surface area contributed by atoms with Crippen LogP contribution >= 0.6 is 0 Å². The van der Waals surface area contributed by atoms with Crippen LogP contribution in [0.3, 0.4) is 0 Å². The molecule has 1 aromatic heterocycles. The van der Waals surface area contributed by atoms with Gasteiger partial charge in [0.2, 0.25) is 0 Å². The third-order valence-corrected chi connectivity index (χ3v) is 3.42. The Balaban J connectivity index is 2.07. The van der Waals surface area contributed by atoms with Crippen molar-refractivity contribution in [1.29, 1.82) is 0 Å². The standard InChI is InChI=1S/C12H16N4/c13-7-9-3-2-6-16(9)12-5-1-4-11-10(12)8-14-15-11/h1,4-5,8-9H,2-3,6-7,13H2,(H,14,15). The maximum absolute atomic E-state index is 5.82. The maximum Gasteiger partial charge on any atom is 0.0671 e. The van der Waals surface area contributed by atoms with Crippen LogP contribution < -0.4 is 10.6 Å². The minimum absolute atomic E-state index is 0.487. The van der Waals surface area contributed by atoms with E-state index in [-0.39, 0.29) is 0 Å². The number of H-pyrrole nitrogens is 1. The molecule has 16 heavy (non-hydrogen) atoms. The Morgan fingerprint density at radius 2 is 2.44 bits per heavy atom. The zero-order valence-corrected chi connectivity index (χ0v) is 9.19. The quantitative estimate of drug-likeness (QED) is 0.799. The second kappa shape index (κ2) is 3.79. The lowest BCUT2D eigenvalue weighted by atomic mass is 10.1. The van der Waals surface area contributed by atoms with E-state index < -0.39 is 0 Å². The summed E-state index contributed by atoms with van der Waals surface area (Å²) in [5, 5.41) is 8.31. The van der Waals surface area contributed by atoms with Gasteiger partial charge in [-0.1, -0.05) is 6.07 Å². The summed E-state index contributed by atoms with van der Waals surface area (Å²) in [5.41, 5.74) is 8.18. The number of fused-ring (bicyclic) bond motifs is 1. The largest absolute Gasteiger partial charge is 0.367 e. The SMILES string of the molecule is NCC1CCCN1c1cccc2[nH]ncc12. The zero-order chi connectivity index (χ0) is 11.0. The van der Waals surface area contributed by atoms with E-state index in [0.29, 0.717) is 6.04 Å². The number of hydrogen-bond donors (Lipinski definition) is 2. The monoisotopic (exact) mass is 216 g/mol. The number of nitrogens with one attached hydrogen (secondary N) is 1. The van der Waals surface area contributed by atoms with Crippen LogP contribution in [0.5, 0.6) is 0 Å². The first-order chi connectivity index (χ1) is 7.90. The Bertz CT molecular complexity index is 490. The van der Waals surface area contributed by atoms with E-state index >= 15 is 0 Å². The van der Waals surface area contributed by atoms with Gasteiger partial charge in [-0.15, -0.1) is 0 Å². The lowest BCUT2D eigenvalue weighted by molar-refractivity contribution is 0.678. The highest BCUT2D eigenvalue weighted by atomic mass is 15.2. The zero-order valence-electron chi connectivity index (χ0n) is 9.19. The molecule has 1 saturated heterocycles. The number of anilines is 1. The molecule has 1 atom stereocenters. The van der Waals surface area contributed by atoms with Gasteiger partial charge in [-0.05, 0) is 25.0 Å². The number of rotatable bonds is 2. The Hall–Kier alpha value is -1.55. The first-order valence-corrected chi connectivity index (χ1v) is 5.79. The van der Waals surface area contributed by atoms with Crippen LogP contribution in [0, 0.1) is 0 Å². The van der Waals surface area contributed by atoms with Crippen LogP contribution in [0.2, 0.25) is 0 Å². The molecule has 2 heterocycles. The highest BCUT2D eigenvalue weighted by Crippen LogP contribution is 2.30. The first-order valence-electron chi connectivity index (χ1n) is 5.79. The molecular weight excluding hydrogens is 200 g/mol. The molecule has 84 valence electrons. The predicted molar refractivity (Wildman–Crippen MR) is 65.5 cm³/mol. The van der Waals surface area contributed by atoms with E-state index in [1.165, 1.54) is 23.9 Å². The number of nitrogens with zero attached hydrogens (tertiary/aromatic N) is 2. The molecule has 3 rings (SSSR count). The minimum Gasteiger partial charge on any atom is -0.367 e. The molecule has 0 radical (unpaired) electrons. The van der Waals surface area contributed by atoms with Crippen molar-refractivity contribution in [3.63, 3.8) is 0 Å². The van der Waals surface area contributed by atoms with Gasteiger partial charge in [0.25, 0.3) is 0 Å². The van der Waals surface area contributed by atoms with Gasteiger partial charge in [0.15, 0.2) is 0 Å². The normalized spacial score (nSPS) is 20.8. The topological polar surface area (TPSA) is 57.9 Å². The number of hydrogen-bond acceptors (Lipinski definition) is 3. The highest BCUT2D eigenvalue weighted by molar-refractivity contribution is 5.91. The number of aromatic amines is 1. The predicted octanol–water partition coefficient (Wildman–Crippen LogP) is 1.49. The van der Waals surface area contributed by atoms with Crippen LogP contribution in [0.4, 0.5) is 5.69 Å². The molecule has 2 aromatic rings. The second-order valence-corrected chi connectivity index (χ2v) is 4.33. The van der Waals surface area contributed by atoms with Gasteiger partial charge in [-0.25, -0.2) is 0 Å². The average molecular weight is 216 g/mol. The molecule has 0 saturated carbocycles. The molecule has 0 aliphatic carbocycles. The summed E-state index contributed by atoms with van der Waals surface area (Å²) in [7, 11) is 0. The Labute approximate surface area is 94.4 Å². The van der Waals surface area contributed by atoms with Gasteiger partial charge in [0.05, 0.1) is 11.7 Å². The molecule has 1 aliphatic rings. The summed E-state index contributed by atoms with van der Waals surface area (Å²) >= 11 is 0. The van der Waals surface area contributed by atoms with Crippen LogP contribution in [0.15, 0.2) is 24.4 Å². The van der Waals surface area contributed by atoms with Crippen LogP contribution in [0.25, 0.3) is 10.9 Å². The van der Waals surface area contributed by atoms with E-state index in [0.717, 1.165) is 18.6 Å². The molecule has 1 fully saturated rings. The average Bonchev–Trinajstić information content (AvgIpc) is 2.96. The Morgan fingerprint density at radius 1 is 1.50 bits per heavy atom. The van der Waals surface area contributed by atoms with Crippen molar-refractivity contribution in [1.82, 2.24) is 10.2 Å². The summed E-state index contributed by atoms with van der Waals surface area (Å²) in [6, 6.07) is 6.77. The van der Waals surface area contributed by atoms with Gasteiger partial charge < -0.3 is 10.6 Å².